The highest BCUT2D eigenvalue weighted by molar-refractivity contribution is 5.81. The van der Waals surface area contributed by atoms with Gasteiger partial charge in [-0.25, -0.2) is 0 Å². The van der Waals surface area contributed by atoms with Crippen molar-refractivity contribution in [2.75, 3.05) is 0 Å². The molecule has 1 aliphatic heterocycles. The van der Waals surface area contributed by atoms with Gasteiger partial charge in [0.2, 0.25) is 0 Å². The van der Waals surface area contributed by atoms with E-state index in [2.05, 4.69) is 120 Å². The molecule has 0 unspecified atom stereocenters. The van der Waals surface area contributed by atoms with E-state index in [0.29, 0.717) is 0 Å². The number of nitrogens with zero attached hydrogens (tertiary/aromatic N) is 1. The van der Waals surface area contributed by atoms with E-state index in [-0.39, 0.29) is 6.10 Å². The number of fused-ring (bicyclic) bond motifs is 3. The summed E-state index contributed by atoms with van der Waals surface area (Å²) in [5.74, 6) is 0.935. The Labute approximate surface area is 188 Å². The van der Waals surface area contributed by atoms with Gasteiger partial charge in [-0.1, -0.05) is 109 Å². The quantitative estimate of drug-likeness (QED) is 0.300. The fourth-order valence-electron chi connectivity index (χ4n) is 4.68. The van der Waals surface area contributed by atoms with Crippen LogP contribution in [0.5, 0.6) is 5.75 Å². The molecule has 32 heavy (non-hydrogen) atoms. The van der Waals surface area contributed by atoms with Crippen molar-refractivity contribution in [1.29, 1.82) is 0 Å². The van der Waals surface area contributed by atoms with E-state index in [0.717, 1.165) is 23.4 Å². The van der Waals surface area contributed by atoms with E-state index in [4.69, 9.17) is 4.74 Å². The smallest absolute Gasteiger partial charge is 0.164 e. The summed E-state index contributed by atoms with van der Waals surface area (Å²) < 4.78 is 9.09. The highest BCUT2D eigenvalue weighted by Gasteiger charge is 2.32. The van der Waals surface area contributed by atoms with E-state index >= 15 is 0 Å². The van der Waals surface area contributed by atoms with Gasteiger partial charge in [-0.2, -0.15) is 0 Å². The zero-order valence-electron chi connectivity index (χ0n) is 17.7. The maximum Gasteiger partial charge on any atom is 0.164 e. The first-order chi connectivity index (χ1) is 15.9. The molecule has 4 aromatic carbocycles. The van der Waals surface area contributed by atoms with E-state index in [1.807, 2.05) is 6.07 Å². The molecule has 1 atom stereocenters. The van der Waals surface area contributed by atoms with E-state index in [9.17, 15) is 0 Å². The zero-order chi connectivity index (χ0) is 21.3. The first-order valence-corrected chi connectivity index (χ1v) is 11.0. The minimum absolute atomic E-state index is 0.165. The second-order valence-electron chi connectivity index (χ2n) is 8.17. The van der Waals surface area contributed by atoms with Gasteiger partial charge in [0.15, 0.2) is 6.10 Å². The molecule has 0 saturated carbocycles. The lowest BCUT2D eigenvalue weighted by Crippen LogP contribution is -2.19. The summed E-state index contributed by atoms with van der Waals surface area (Å²) in [6.45, 7) is 0.787. The highest BCUT2D eigenvalue weighted by Crippen LogP contribution is 2.47. The molecule has 0 radical (unpaired) electrons. The third-order valence-electron chi connectivity index (χ3n) is 6.16. The first-order valence-electron chi connectivity index (χ1n) is 11.0. The minimum atomic E-state index is -0.165. The number of aromatic nitrogens is 1. The summed E-state index contributed by atoms with van der Waals surface area (Å²) in [6.07, 6.45) is -0.165. The van der Waals surface area contributed by atoms with Crippen molar-refractivity contribution in [2.24, 2.45) is 0 Å². The molecule has 0 amide bonds. The predicted octanol–water partition coefficient (Wildman–Crippen LogP) is 7.35. The number of ether oxygens (including phenoxy) is 1. The van der Waals surface area contributed by atoms with Crippen molar-refractivity contribution in [1.82, 2.24) is 4.57 Å². The van der Waals surface area contributed by atoms with Crippen LogP contribution in [0.4, 0.5) is 0 Å². The van der Waals surface area contributed by atoms with Gasteiger partial charge in [-0.3, -0.25) is 0 Å². The Bertz CT molecular complexity index is 1350. The third-order valence-corrected chi connectivity index (χ3v) is 6.16. The summed E-state index contributed by atoms with van der Waals surface area (Å²) in [7, 11) is 0. The fraction of sp³-hybridized carbons (Fsp3) is 0.0667. The molecule has 0 N–H and O–H groups in total. The Morgan fingerprint density at radius 1 is 0.625 bits per heavy atom. The van der Waals surface area contributed by atoms with Crippen LogP contribution >= 0.6 is 0 Å². The van der Waals surface area contributed by atoms with Crippen LogP contribution in [0, 0.1) is 0 Å². The van der Waals surface area contributed by atoms with Crippen LogP contribution in [0.25, 0.3) is 22.4 Å². The summed E-state index contributed by atoms with van der Waals surface area (Å²) >= 11 is 0. The van der Waals surface area contributed by atoms with E-state index < -0.39 is 0 Å². The number of hydrogen-bond acceptors (Lipinski definition) is 1. The molecule has 0 spiro atoms. The monoisotopic (exact) mass is 413 g/mol. The van der Waals surface area contributed by atoms with Gasteiger partial charge >= 0.3 is 0 Å². The molecule has 0 aliphatic carbocycles. The molecule has 0 fully saturated rings. The molecule has 2 nitrogen and oxygen atoms in total. The Morgan fingerprint density at radius 3 is 2.00 bits per heavy atom. The van der Waals surface area contributed by atoms with Gasteiger partial charge in [0.05, 0.1) is 5.69 Å². The van der Waals surface area contributed by atoms with Gasteiger partial charge in [0, 0.05) is 23.4 Å². The molecule has 1 aromatic heterocycles. The topological polar surface area (TPSA) is 14.2 Å². The van der Waals surface area contributed by atoms with E-state index in [1.165, 1.54) is 28.1 Å². The molecular formula is C30H23NO. The van der Waals surface area contributed by atoms with Crippen LogP contribution in [-0.2, 0) is 6.54 Å². The van der Waals surface area contributed by atoms with Crippen molar-refractivity contribution in [2.45, 2.75) is 12.6 Å². The summed E-state index contributed by atoms with van der Waals surface area (Å²) in [5, 5.41) is 0. The Morgan fingerprint density at radius 2 is 1.25 bits per heavy atom. The van der Waals surface area contributed by atoms with Gasteiger partial charge < -0.3 is 9.30 Å². The van der Waals surface area contributed by atoms with E-state index in [1.54, 1.807) is 0 Å². The Kier molecular flexibility index (Phi) is 4.62. The fourth-order valence-corrected chi connectivity index (χ4v) is 4.68. The number of benzene rings is 4. The number of para-hydroxylation sites is 1. The summed E-state index contributed by atoms with van der Waals surface area (Å²) in [6, 6.07) is 42.6. The molecule has 154 valence electrons. The Balaban J connectivity index is 1.63. The van der Waals surface area contributed by atoms with Crippen LogP contribution < -0.4 is 4.74 Å². The van der Waals surface area contributed by atoms with Crippen molar-refractivity contribution in [3.05, 3.63) is 138 Å². The third kappa shape index (κ3) is 3.21. The SMILES string of the molecule is c1ccc(Cn2c(-c3ccccc3)cc3c2[C@@H](c2ccccc2)Oc2ccccc2-3)cc1. The minimum Gasteiger partial charge on any atom is -0.479 e. The maximum absolute atomic E-state index is 6.65. The van der Waals surface area contributed by atoms with Crippen LogP contribution in [0.1, 0.15) is 22.9 Å². The largest absolute Gasteiger partial charge is 0.479 e. The average Bonchev–Trinajstić information content (AvgIpc) is 3.25. The van der Waals surface area contributed by atoms with Crippen LogP contribution in [0.3, 0.4) is 0 Å². The van der Waals surface area contributed by atoms with Crippen molar-refractivity contribution < 1.29 is 4.74 Å². The lowest BCUT2D eigenvalue weighted by atomic mass is 9.95. The van der Waals surface area contributed by atoms with Gasteiger partial charge in [0.1, 0.15) is 5.75 Å². The first kappa shape index (κ1) is 18.7. The molecule has 0 bridgehead atoms. The number of hydrogen-bond donors (Lipinski definition) is 0. The van der Waals surface area contributed by atoms with Crippen LogP contribution in [0.15, 0.2) is 121 Å². The van der Waals surface area contributed by atoms with Gasteiger partial charge in [0.25, 0.3) is 0 Å². The molecule has 1 aliphatic rings. The summed E-state index contributed by atoms with van der Waals surface area (Å²) in [4.78, 5) is 0. The van der Waals surface area contributed by atoms with Crippen LogP contribution in [0.2, 0.25) is 0 Å². The standard InChI is InChI=1S/C30H23NO/c1-4-12-22(13-5-1)21-31-27(23-14-6-2-7-15-23)20-26-25-18-10-11-19-28(25)32-30(29(26)31)24-16-8-3-9-17-24/h1-20,30H,21H2/t30-/m1/s1. The maximum atomic E-state index is 6.65. The molecule has 2 heterocycles. The molecule has 5 aromatic rings. The predicted molar refractivity (Wildman–Crippen MR) is 130 cm³/mol. The second kappa shape index (κ2) is 7.90. The molecular weight excluding hydrogens is 390 g/mol. The Hall–Kier alpha value is -4.04. The molecule has 2 heteroatoms. The van der Waals surface area contributed by atoms with Crippen molar-refractivity contribution >= 4 is 0 Å². The van der Waals surface area contributed by atoms with Crippen molar-refractivity contribution in [3.8, 4) is 28.1 Å². The van der Waals surface area contributed by atoms with Crippen molar-refractivity contribution in [3.63, 3.8) is 0 Å². The molecule has 0 saturated heterocycles. The average molecular weight is 414 g/mol. The normalized spacial score (nSPS) is 14.3. The summed E-state index contributed by atoms with van der Waals surface area (Å²) in [5.41, 5.74) is 8.46. The lowest BCUT2D eigenvalue weighted by molar-refractivity contribution is 0.234. The zero-order valence-corrected chi connectivity index (χ0v) is 17.7. The highest BCUT2D eigenvalue weighted by atomic mass is 16.5. The lowest BCUT2D eigenvalue weighted by Gasteiger charge is -2.29. The molecule has 6 rings (SSSR count). The van der Waals surface area contributed by atoms with Crippen LogP contribution in [-0.4, -0.2) is 4.57 Å². The van der Waals surface area contributed by atoms with Gasteiger partial charge in [-0.15, -0.1) is 0 Å². The second-order valence-corrected chi connectivity index (χ2v) is 8.17. The van der Waals surface area contributed by atoms with Gasteiger partial charge in [-0.05, 0) is 28.8 Å². The number of rotatable bonds is 4.